The summed E-state index contributed by atoms with van der Waals surface area (Å²) in [5.74, 6) is -0.388. The minimum absolute atomic E-state index is 0.0423. The van der Waals surface area contributed by atoms with Crippen molar-refractivity contribution in [1.82, 2.24) is 5.32 Å². The molecule has 1 fully saturated rings. The number of benzene rings is 2. The highest BCUT2D eigenvalue weighted by Gasteiger charge is 2.24. The molecule has 28 heavy (non-hydrogen) atoms. The molecule has 1 aliphatic carbocycles. The number of carbonyl (C=O) groups is 1. The predicted octanol–water partition coefficient (Wildman–Crippen LogP) is 5.17. The molecule has 0 saturated heterocycles. The molecule has 0 spiro atoms. The second-order valence-corrected chi connectivity index (χ2v) is 9.51. The lowest BCUT2D eigenvalue weighted by Gasteiger charge is -2.23. The zero-order chi connectivity index (χ0) is 20.3. The summed E-state index contributed by atoms with van der Waals surface area (Å²) in [5, 5.41) is 3.03. The third-order valence-corrected chi connectivity index (χ3v) is 6.93. The fourth-order valence-electron chi connectivity index (χ4n) is 3.34. The van der Waals surface area contributed by atoms with E-state index in [1.807, 2.05) is 13.0 Å². The van der Waals surface area contributed by atoms with Crippen LogP contribution in [-0.4, -0.2) is 20.4 Å². The van der Waals surface area contributed by atoms with Crippen molar-refractivity contribution in [2.24, 2.45) is 0 Å². The number of rotatable bonds is 5. The lowest BCUT2D eigenvalue weighted by atomic mass is 9.95. The first-order chi connectivity index (χ1) is 13.3. The summed E-state index contributed by atoms with van der Waals surface area (Å²) in [7, 11) is -3.99. The molecule has 1 aliphatic rings. The summed E-state index contributed by atoms with van der Waals surface area (Å²) >= 11 is 12.3. The van der Waals surface area contributed by atoms with Gasteiger partial charge in [-0.25, -0.2) is 8.42 Å². The van der Waals surface area contributed by atoms with Crippen molar-refractivity contribution < 1.29 is 13.2 Å². The number of amides is 1. The highest BCUT2D eigenvalue weighted by Crippen LogP contribution is 2.30. The molecule has 2 aromatic rings. The average molecular weight is 441 g/mol. The molecular formula is C20H22Cl2N2O3S. The van der Waals surface area contributed by atoms with E-state index < -0.39 is 10.0 Å². The van der Waals surface area contributed by atoms with E-state index in [2.05, 4.69) is 10.0 Å². The smallest absolute Gasteiger partial charge is 0.263 e. The van der Waals surface area contributed by atoms with Crippen LogP contribution in [0.2, 0.25) is 10.0 Å². The van der Waals surface area contributed by atoms with Crippen LogP contribution in [0.5, 0.6) is 0 Å². The van der Waals surface area contributed by atoms with Gasteiger partial charge >= 0.3 is 0 Å². The molecule has 0 aromatic heterocycles. The van der Waals surface area contributed by atoms with Gasteiger partial charge < -0.3 is 5.32 Å². The van der Waals surface area contributed by atoms with E-state index in [0.29, 0.717) is 5.69 Å². The molecule has 0 atom stereocenters. The molecule has 3 rings (SSSR count). The largest absolute Gasteiger partial charge is 0.349 e. The second kappa shape index (κ2) is 8.72. The first-order valence-corrected chi connectivity index (χ1v) is 11.4. The van der Waals surface area contributed by atoms with Crippen LogP contribution >= 0.6 is 23.2 Å². The topological polar surface area (TPSA) is 75.3 Å². The van der Waals surface area contributed by atoms with Crippen LogP contribution < -0.4 is 10.0 Å². The van der Waals surface area contributed by atoms with Crippen LogP contribution in [0.4, 0.5) is 5.69 Å². The number of nitrogens with one attached hydrogen (secondary N) is 2. The van der Waals surface area contributed by atoms with Crippen molar-refractivity contribution in [3.05, 3.63) is 57.6 Å². The zero-order valence-corrected chi connectivity index (χ0v) is 17.8. The van der Waals surface area contributed by atoms with Crippen molar-refractivity contribution in [2.75, 3.05) is 4.72 Å². The lowest BCUT2D eigenvalue weighted by molar-refractivity contribution is 0.0927. The molecule has 2 aromatic carbocycles. The van der Waals surface area contributed by atoms with Gasteiger partial charge in [-0.1, -0.05) is 54.6 Å². The van der Waals surface area contributed by atoms with E-state index in [9.17, 15) is 13.2 Å². The first-order valence-electron chi connectivity index (χ1n) is 9.15. The Bertz CT molecular complexity index is 987. The maximum absolute atomic E-state index is 12.8. The van der Waals surface area contributed by atoms with Crippen LogP contribution in [-0.2, 0) is 10.0 Å². The second-order valence-electron chi connectivity index (χ2n) is 7.05. The van der Waals surface area contributed by atoms with Gasteiger partial charge in [0.25, 0.3) is 15.9 Å². The van der Waals surface area contributed by atoms with E-state index in [1.165, 1.54) is 18.6 Å². The first kappa shape index (κ1) is 21.0. The number of sulfonamides is 1. The number of hydrogen-bond acceptors (Lipinski definition) is 3. The Morgan fingerprint density at radius 3 is 2.43 bits per heavy atom. The van der Waals surface area contributed by atoms with Gasteiger partial charge in [-0.2, -0.15) is 0 Å². The SMILES string of the molecule is Cc1cccc(NS(=O)(=O)c2cc(C(=O)NC3CCCCC3)c(Cl)cc2Cl)c1. The van der Waals surface area contributed by atoms with Gasteiger partial charge in [-0.3, -0.25) is 9.52 Å². The quantitative estimate of drug-likeness (QED) is 0.673. The lowest BCUT2D eigenvalue weighted by Crippen LogP contribution is -2.36. The zero-order valence-electron chi connectivity index (χ0n) is 15.5. The summed E-state index contributed by atoms with van der Waals surface area (Å²) in [6.45, 7) is 1.86. The highest BCUT2D eigenvalue weighted by atomic mass is 35.5. The fraction of sp³-hybridized carbons (Fsp3) is 0.350. The summed E-state index contributed by atoms with van der Waals surface area (Å²) in [6.07, 6.45) is 5.13. The molecule has 0 unspecified atom stereocenters. The van der Waals surface area contributed by atoms with Crippen LogP contribution in [0, 0.1) is 6.92 Å². The summed E-state index contributed by atoms with van der Waals surface area (Å²) in [4.78, 5) is 12.5. The molecule has 1 saturated carbocycles. The molecule has 5 nitrogen and oxygen atoms in total. The minimum Gasteiger partial charge on any atom is -0.349 e. The predicted molar refractivity (Wildman–Crippen MR) is 113 cm³/mol. The number of carbonyl (C=O) groups excluding carboxylic acids is 1. The molecule has 0 heterocycles. The van der Waals surface area contributed by atoms with Crippen LogP contribution in [0.1, 0.15) is 48.0 Å². The fourth-order valence-corrected chi connectivity index (χ4v) is 5.25. The average Bonchev–Trinajstić information content (AvgIpc) is 2.61. The normalized spacial score (nSPS) is 15.2. The summed E-state index contributed by atoms with van der Waals surface area (Å²) in [5.41, 5.74) is 1.43. The van der Waals surface area contributed by atoms with Gasteiger partial charge in [0.2, 0.25) is 0 Å². The molecular weight excluding hydrogens is 419 g/mol. The minimum atomic E-state index is -3.99. The standard InChI is InChI=1S/C20H22Cl2N2O3S/c1-13-6-5-9-15(10-13)24-28(26,27)19-11-16(17(21)12-18(19)22)20(25)23-14-7-3-2-4-8-14/h5-6,9-12,14,24H,2-4,7-8H2,1H3,(H,23,25). The van der Waals surface area contributed by atoms with Crippen molar-refractivity contribution in [3.8, 4) is 0 Å². The molecule has 0 bridgehead atoms. The molecule has 1 amide bonds. The molecule has 2 N–H and O–H groups in total. The van der Waals surface area contributed by atoms with Gasteiger partial charge in [-0.15, -0.1) is 0 Å². The maximum atomic E-state index is 12.8. The van der Waals surface area contributed by atoms with E-state index in [-0.39, 0.29) is 32.5 Å². The Labute approximate surface area is 175 Å². The third-order valence-electron chi connectivity index (χ3n) is 4.77. The van der Waals surface area contributed by atoms with Gasteiger partial charge in [0, 0.05) is 11.7 Å². The number of aryl methyl sites for hydroxylation is 1. The Kier molecular flexibility index (Phi) is 6.53. The maximum Gasteiger partial charge on any atom is 0.263 e. The van der Waals surface area contributed by atoms with Crippen molar-refractivity contribution in [1.29, 1.82) is 0 Å². The molecule has 8 heteroatoms. The Morgan fingerprint density at radius 1 is 1.04 bits per heavy atom. The van der Waals surface area contributed by atoms with E-state index in [1.54, 1.807) is 18.2 Å². The van der Waals surface area contributed by atoms with E-state index in [4.69, 9.17) is 23.2 Å². The number of anilines is 1. The molecule has 0 radical (unpaired) electrons. The van der Waals surface area contributed by atoms with Crippen LogP contribution in [0.25, 0.3) is 0 Å². The molecule has 0 aliphatic heterocycles. The highest BCUT2D eigenvalue weighted by molar-refractivity contribution is 7.92. The monoisotopic (exact) mass is 440 g/mol. The van der Waals surface area contributed by atoms with Crippen LogP contribution in [0.3, 0.4) is 0 Å². The Morgan fingerprint density at radius 2 is 1.75 bits per heavy atom. The van der Waals surface area contributed by atoms with E-state index >= 15 is 0 Å². The number of halogens is 2. The summed E-state index contributed by atoms with van der Waals surface area (Å²) in [6, 6.07) is 9.58. The van der Waals surface area contributed by atoms with Gasteiger partial charge in [0.15, 0.2) is 0 Å². The van der Waals surface area contributed by atoms with E-state index in [0.717, 1.165) is 31.2 Å². The van der Waals surface area contributed by atoms with Crippen LogP contribution in [0.15, 0.2) is 41.3 Å². The third kappa shape index (κ3) is 4.99. The van der Waals surface area contributed by atoms with Crippen molar-refractivity contribution in [3.63, 3.8) is 0 Å². The van der Waals surface area contributed by atoms with Gasteiger partial charge in [0.1, 0.15) is 4.90 Å². The Hall–Kier alpha value is -1.76. The number of hydrogen-bond donors (Lipinski definition) is 2. The Balaban J connectivity index is 1.88. The summed E-state index contributed by atoms with van der Waals surface area (Å²) < 4.78 is 28.2. The van der Waals surface area contributed by atoms with Crippen molar-refractivity contribution in [2.45, 2.75) is 50.0 Å². The van der Waals surface area contributed by atoms with Crippen molar-refractivity contribution >= 4 is 44.8 Å². The van der Waals surface area contributed by atoms with Gasteiger partial charge in [0.05, 0.1) is 15.6 Å². The molecule has 150 valence electrons. The van der Waals surface area contributed by atoms with Gasteiger partial charge in [-0.05, 0) is 49.6 Å².